The van der Waals surface area contributed by atoms with Crippen LogP contribution >= 0.6 is 11.3 Å². The number of sulfone groups is 1. The molecule has 1 amide bonds. The molecule has 0 unspecified atom stereocenters. The van der Waals surface area contributed by atoms with Gasteiger partial charge in [-0.2, -0.15) is 4.31 Å². The molecule has 3 heterocycles. The van der Waals surface area contributed by atoms with E-state index in [1.807, 2.05) is 18.2 Å². The second kappa shape index (κ2) is 9.09. The Labute approximate surface area is 193 Å². The highest BCUT2D eigenvalue weighted by molar-refractivity contribution is 7.95. The average Bonchev–Trinajstić information content (AvgIpc) is 3.45. The second-order valence-electron chi connectivity index (χ2n) is 8.42. The fourth-order valence-electron chi connectivity index (χ4n) is 4.35. The third kappa shape index (κ3) is 5.14. The summed E-state index contributed by atoms with van der Waals surface area (Å²) in [4.78, 5) is 14.3. The van der Waals surface area contributed by atoms with Crippen molar-refractivity contribution in [3.05, 3.63) is 58.8 Å². The summed E-state index contributed by atoms with van der Waals surface area (Å²) in [6, 6.07) is 12.4. The smallest absolute Gasteiger partial charge is 0.252 e. The van der Waals surface area contributed by atoms with Crippen LogP contribution in [0.25, 0.3) is 6.08 Å². The van der Waals surface area contributed by atoms with Crippen molar-refractivity contribution in [2.45, 2.75) is 23.5 Å². The van der Waals surface area contributed by atoms with Crippen molar-refractivity contribution in [2.75, 3.05) is 31.9 Å². The number of nitrogens with zero attached hydrogens (tertiary/aromatic N) is 2. The first-order valence-electron chi connectivity index (χ1n) is 10.5. The molecular formula is C22H26N2O5S3. The average molecular weight is 495 g/mol. The maximum Gasteiger partial charge on any atom is 0.252 e. The molecule has 32 heavy (non-hydrogen) atoms. The summed E-state index contributed by atoms with van der Waals surface area (Å²) >= 11 is 1.21. The number of carbonyl (C=O) groups is 1. The molecule has 4 rings (SSSR count). The van der Waals surface area contributed by atoms with Crippen molar-refractivity contribution < 1.29 is 21.6 Å². The molecule has 2 aliphatic rings. The molecule has 172 valence electrons. The lowest BCUT2D eigenvalue weighted by molar-refractivity contribution is -0.127. The van der Waals surface area contributed by atoms with Gasteiger partial charge in [0.05, 0.1) is 0 Å². The summed E-state index contributed by atoms with van der Waals surface area (Å²) in [5.41, 5.74) is 0.619. The number of piperidine rings is 1. The lowest BCUT2D eigenvalue weighted by Crippen LogP contribution is -2.44. The van der Waals surface area contributed by atoms with Crippen LogP contribution in [0, 0.1) is 5.41 Å². The summed E-state index contributed by atoms with van der Waals surface area (Å²) in [6.45, 7) is 1.83. The zero-order valence-electron chi connectivity index (χ0n) is 17.6. The molecule has 0 aliphatic carbocycles. The van der Waals surface area contributed by atoms with Crippen molar-refractivity contribution in [3.8, 4) is 0 Å². The predicted molar refractivity (Wildman–Crippen MR) is 125 cm³/mol. The first-order chi connectivity index (χ1) is 15.2. The van der Waals surface area contributed by atoms with Gasteiger partial charge in [0.25, 0.3) is 10.0 Å². The topological polar surface area (TPSA) is 91.8 Å². The monoisotopic (exact) mass is 494 g/mol. The van der Waals surface area contributed by atoms with Crippen LogP contribution in [0.1, 0.15) is 24.8 Å². The molecule has 0 N–H and O–H groups in total. The highest BCUT2D eigenvalue weighted by Crippen LogP contribution is 2.41. The number of amides is 1. The van der Waals surface area contributed by atoms with Gasteiger partial charge in [0, 0.05) is 31.6 Å². The summed E-state index contributed by atoms with van der Waals surface area (Å²) in [7, 11) is -7.13. The zero-order valence-corrected chi connectivity index (χ0v) is 20.0. The largest absolute Gasteiger partial charge is 0.341 e. The molecule has 2 aromatic rings. The van der Waals surface area contributed by atoms with Gasteiger partial charge in [-0.15, -0.1) is 11.3 Å². The number of rotatable bonds is 6. The first-order valence-corrected chi connectivity index (χ1v) is 14.5. The standard InChI is InChI=1S/C22H26N2O5S3/c25-20(17-31(26,27)16-8-19-5-2-1-3-6-19)23-12-9-22(18-23)10-13-24(14-11-22)32(28,29)21-7-4-15-30-21/h1-8,15-16H,9-14,17-18H2. The van der Waals surface area contributed by atoms with Gasteiger partial charge in [0.15, 0.2) is 9.84 Å². The van der Waals surface area contributed by atoms with E-state index in [0.717, 1.165) is 17.4 Å². The van der Waals surface area contributed by atoms with E-state index in [2.05, 4.69) is 0 Å². The van der Waals surface area contributed by atoms with E-state index >= 15 is 0 Å². The van der Waals surface area contributed by atoms with Crippen LogP contribution in [0.4, 0.5) is 0 Å². The number of thiophene rings is 1. The second-order valence-corrected chi connectivity index (χ2v) is 13.4. The van der Waals surface area contributed by atoms with Gasteiger partial charge in [-0.25, -0.2) is 16.8 Å². The van der Waals surface area contributed by atoms with Gasteiger partial charge in [-0.05, 0) is 47.8 Å². The quantitative estimate of drug-likeness (QED) is 0.616. The molecule has 1 aromatic carbocycles. The molecule has 0 saturated carbocycles. The maximum atomic E-state index is 12.7. The van der Waals surface area contributed by atoms with Gasteiger partial charge in [0.1, 0.15) is 9.96 Å². The molecule has 1 spiro atoms. The zero-order chi connectivity index (χ0) is 22.8. The molecular weight excluding hydrogens is 468 g/mol. The summed E-state index contributed by atoms with van der Waals surface area (Å²) in [5, 5.41) is 2.85. The number of carbonyl (C=O) groups excluding carboxylic acids is 1. The van der Waals surface area contributed by atoms with Gasteiger partial charge in [0.2, 0.25) is 5.91 Å². The molecule has 0 radical (unpaired) electrons. The van der Waals surface area contributed by atoms with Crippen LogP contribution in [0.15, 0.2) is 57.5 Å². The third-order valence-corrected chi connectivity index (χ3v) is 10.7. The number of hydrogen-bond donors (Lipinski definition) is 0. The Morgan fingerprint density at radius 1 is 0.969 bits per heavy atom. The normalized spacial score (nSPS) is 19.7. The molecule has 2 aliphatic heterocycles. The van der Waals surface area contributed by atoms with E-state index in [0.29, 0.717) is 43.2 Å². The molecule has 7 nitrogen and oxygen atoms in total. The van der Waals surface area contributed by atoms with E-state index in [9.17, 15) is 21.6 Å². The Morgan fingerprint density at radius 2 is 1.66 bits per heavy atom. The molecule has 0 atom stereocenters. The van der Waals surface area contributed by atoms with Crippen molar-refractivity contribution in [2.24, 2.45) is 5.41 Å². The summed E-state index contributed by atoms with van der Waals surface area (Å²) < 4.78 is 52.2. The van der Waals surface area contributed by atoms with E-state index in [-0.39, 0.29) is 5.41 Å². The minimum absolute atomic E-state index is 0.138. The minimum Gasteiger partial charge on any atom is -0.341 e. The molecule has 2 saturated heterocycles. The predicted octanol–water partition coefficient (Wildman–Crippen LogP) is 2.84. The first kappa shape index (κ1) is 23.2. The molecule has 2 fully saturated rings. The van der Waals surface area contributed by atoms with Crippen LogP contribution in [-0.4, -0.2) is 63.9 Å². The number of likely N-dealkylation sites (tertiary alicyclic amines) is 1. The number of sulfonamides is 1. The maximum absolute atomic E-state index is 12.7. The van der Waals surface area contributed by atoms with Crippen LogP contribution in [0.5, 0.6) is 0 Å². The highest BCUT2D eigenvalue weighted by atomic mass is 32.2. The lowest BCUT2D eigenvalue weighted by atomic mass is 9.78. The Balaban J connectivity index is 1.33. The molecule has 1 aromatic heterocycles. The van der Waals surface area contributed by atoms with Crippen LogP contribution in [0.3, 0.4) is 0 Å². The van der Waals surface area contributed by atoms with Crippen molar-refractivity contribution in [1.82, 2.24) is 9.21 Å². The van der Waals surface area contributed by atoms with E-state index in [4.69, 9.17) is 0 Å². The molecule has 0 bridgehead atoms. The Bertz CT molecular complexity index is 1180. The van der Waals surface area contributed by atoms with Crippen molar-refractivity contribution in [1.29, 1.82) is 0 Å². The molecule has 10 heteroatoms. The van der Waals surface area contributed by atoms with E-state index < -0.39 is 31.5 Å². The van der Waals surface area contributed by atoms with Gasteiger partial charge in [-0.1, -0.05) is 36.4 Å². The summed E-state index contributed by atoms with van der Waals surface area (Å²) in [6.07, 6.45) is 3.60. The SMILES string of the molecule is O=C(CS(=O)(=O)C=Cc1ccccc1)N1CCC2(CCN(S(=O)(=O)c3cccs3)CC2)C1. The van der Waals surface area contributed by atoms with Gasteiger partial charge in [-0.3, -0.25) is 4.79 Å². The Kier molecular flexibility index (Phi) is 6.58. The van der Waals surface area contributed by atoms with Gasteiger partial charge >= 0.3 is 0 Å². The van der Waals surface area contributed by atoms with Crippen LogP contribution in [0.2, 0.25) is 0 Å². The summed E-state index contributed by atoms with van der Waals surface area (Å²) in [5.74, 6) is -0.945. The Hall–Kier alpha value is -2.01. The highest BCUT2D eigenvalue weighted by Gasteiger charge is 2.44. The number of benzene rings is 1. The lowest BCUT2D eigenvalue weighted by Gasteiger charge is -2.38. The minimum atomic E-state index is -3.67. The fourth-order valence-corrected chi connectivity index (χ4v) is 7.93. The fraction of sp³-hybridized carbons (Fsp3) is 0.409. The van der Waals surface area contributed by atoms with Crippen LogP contribution in [-0.2, 0) is 24.7 Å². The van der Waals surface area contributed by atoms with Crippen LogP contribution < -0.4 is 0 Å². The van der Waals surface area contributed by atoms with Crippen molar-refractivity contribution in [3.63, 3.8) is 0 Å². The number of hydrogen-bond acceptors (Lipinski definition) is 6. The van der Waals surface area contributed by atoms with E-state index in [1.54, 1.807) is 34.5 Å². The third-order valence-electron chi connectivity index (χ3n) is 6.26. The Morgan fingerprint density at radius 3 is 2.31 bits per heavy atom. The van der Waals surface area contributed by atoms with Crippen molar-refractivity contribution >= 4 is 43.2 Å². The van der Waals surface area contributed by atoms with Gasteiger partial charge < -0.3 is 4.90 Å². The van der Waals surface area contributed by atoms with E-state index in [1.165, 1.54) is 21.7 Å².